The number of morpholine rings is 1. The number of nitrogens with zero attached hydrogens (tertiary/aromatic N) is 1. The zero-order valence-corrected chi connectivity index (χ0v) is 13.5. The SMILES string of the molecule is Cc1cc(Br)cc(C(=O)N2CC(C)OC(C)(C)C2)c1. The van der Waals surface area contributed by atoms with E-state index in [0.717, 1.165) is 15.6 Å². The molecular weight excluding hydrogens is 306 g/mol. The number of carbonyl (C=O) groups excluding carboxylic acids is 1. The number of aryl methyl sites for hydroxylation is 1. The van der Waals surface area contributed by atoms with Crippen molar-refractivity contribution in [3.05, 3.63) is 33.8 Å². The van der Waals surface area contributed by atoms with Crippen molar-refractivity contribution in [2.24, 2.45) is 0 Å². The molecule has 1 aromatic rings. The Labute approximate surface area is 123 Å². The lowest BCUT2D eigenvalue weighted by molar-refractivity contribution is -0.118. The van der Waals surface area contributed by atoms with Crippen molar-refractivity contribution in [3.63, 3.8) is 0 Å². The van der Waals surface area contributed by atoms with Gasteiger partial charge in [0.15, 0.2) is 0 Å². The molecule has 3 nitrogen and oxygen atoms in total. The minimum atomic E-state index is -0.283. The quantitative estimate of drug-likeness (QED) is 0.792. The van der Waals surface area contributed by atoms with Crippen molar-refractivity contribution in [2.45, 2.75) is 39.4 Å². The van der Waals surface area contributed by atoms with Crippen LogP contribution in [0.2, 0.25) is 0 Å². The van der Waals surface area contributed by atoms with Crippen molar-refractivity contribution in [1.29, 1.82) is 0 Å². The zero-order valence-electron chi connectivity index (χ0n) is 11.9. The van der Waals surface area contributed by atoms with Crippen LogP contribution in [0.5, 0.6) is 0 Å². The molecule has 1 atom stereocenters. The first-order valence-electron chi connectivity index (χ1n) is 6.51. The number of carbonyl (C=O) groups is 1. The Morgan fingerprint density at radius 1 is 1.42 bits per heavy atom. The molecule has 1 heterocycles. The molecule has 19 heavy (non-hydrogen) atoms. The van der Waals surface area contributed by atoms with E-state index in [2.05, 4.69) is 15.9 Å². The Hall–Kier alpha value is -0.870. The second-order valence-corrected chi connectivity index (χ2v) is 6.81. The molecule has 1 aliphatic heterocycles. The van der Waals surface area contributed by atoms with Crippen LogP contribution in [-0.2, 0) is 4.74 Å². The number of ether oxygens (including phenoxy) is 1. The van der Waals surface area contributed by atoms with Crippen molar-refractivity contribution in [1.82, 2.24) is 4.90 Å². The van der Waals surface area contributed by atoms with E-state index in [-0.39, 0.29) is 17.6 Å². The van der Waals surface area contributed by atoms with Crippen LogP contribution in [0.15, 0.2) is 22.7 Å². The van der Waals surface area contributed by atoms with Crippen molar-refractivity contribution >= 4 is 21.8 Å². The smallest absolute Gasteiger partial charge is 0.254 e. The van der Waals surface area contributed by atoms with Gasteiger partial charge >= 0.3 is 0 Å². The van der Waals surface area contributed by atoms with Gasteiger partial charge in [-0.25, -0.2) is 0 Å². The molecule has 1 unspecified atom stereocenters. The third kappa shape index (κ3) is 3.57. The van der Waals surface area contributed by atoms with Gasteiger partial charge in [-0.3, -0.25) is 4.79 Å². The highest BCUT2D eigenvalue weighted by molar-refractivity contribution is 9.10. The third-order valence-electron chi connectivity index (χ3n) is 3.15. The predicted octanol–water partition coefficient (Wildman–Crippen LogP) is 3.40. The number of benzene rings is 1. The molecule has 0 aromatic heterocycles. The third-order valence-corrected chi connectivity index (χ3v) is 3.60. The summed E-state index contributed by atoms with van der Waals surface area (Å²) in [6.07, 6.45) is 0.0703. The minimum Gasteiger partial charge on any atom is -0.369 e. The van der Waals surface area contributed by atoms with Crippen LogP contribution in [0.1, 0.15) is 36.7 Å². The topological polar surface area (TPSA) is 29.5 Å². The molecule has 1 amide bonds. The molecule has 1 aromatic carbocycles. The lowest BCUT2D eigenvalue weighted by atomic mass is 10.0. The molecule has 0 aliphatic carbocycles. The molecule has 4 heteroatoms. The van der Waals surface area contributed by atoms with Crippen LogP contribution < -0.4 is 0 Å². The molecule has 0 spiro atoms. The summed E-state index contributed by atoms with van der Waals surface area (Å²) in [6.45, 7) is 9.32. The van der Waals surface area contributed by atoms with Crippen molar-refractivity contribution < 1.29 is 9.53 Å². The van der Waals surface area contributed by atoms with Gasteiger partial charge < -0.3 is 9.64 Å². The Morgan fingerprint density at radius 3 is 2.68 bits per heavy atom. The maximum atomic E-state index is 12.6. The summed E-state index contributed by atoms with van der Waals surface area (Å²) in [4.78, 5) is 14.5. The fraction of sp³-hybridized carbons (Fsp3) is 0.533. The summed E-state index contributed by atoms with van der Waals surface area (Å²) in [5.41, 5.74) is 1.53. The lowest BCUT2D eigenvalue weighted by Gasteiger charge is -2.41. The lowest BCUT2D eigenvalue weighted by Crippen LogP contribution is -2.53. The highest BCUT2D eigenvalue weighted by Crippen LogP contribution is 2.23. The van der Waals surface area contributed by atoms with Gasteiger partial charge in [-0.2, -0.15) is 0 Å². The van der Waals surface area contributed by atoms with Crippen molar-refractivity contribution in [2.75, 3.05) is 13.1 Å². The Bertz CT molecular complexity index is 479. The Morgan fingerprint density at radius 2 is 2.11 bits per heavy atom. The van der Waals surface area contributed by atoms with Crippen LogP contribution in [0, 0.1) is 6.92 Å². The van der Waals surface area contributed by atoms with E-state index >= 15 is 0 Å². The van der Waals surface area contributed by atoms with E-state index in [9.17, 15) is 4.79 Å². The Balaban J connectivity index is 2.23. The van der Waals surface area contributed by atoms with E-state index in [1.165, 1.54) is 0 Å². The number of halogens is 1. The normalized spacial score (nSPS) is 22.4. The van der Waals surface area contributed by atoms with Gasteiger partial charge in [0.2, 0.25) is 0 Å². The van der Waals surface area contributed by atoms with Gasteiger partial charge in [0.25, 0.3) is 5.91 Å². The van der Waals surface area contributed by atoms with Crippen molar-refractivity contribution in [3.8, 4) is 0 Å². The summed E-state index contributed by atoms with van der Waals surface area (Å²) in [5.74, 6) is 0.0765. The summed E-state index contributed by atoms with van der Waals surface area (Å²) >= 11 is 3.44. The van der Waals surface area contributed by atoms with Crippen LogP contribution >= 0.6 is 15.9 Å². The molecule has 2 rings (SSSR count). The molecular formula is C15H20BrNO2. The van der Waals surface area contributed by atoms with Gasteiger partial charge in [-0.15, -0.1) is 0 Å². The first-order chi connectivity index (χ1) is 8.77. The maximum absolute atomic E-state index is 12.6. The van der Waals surface area contributed by atoms with E-state index in [0.29, 0.717) is 13.1 Å². The summed E-state index contributed by atoms with van der Waals surface area (Å²) in [7, 11) is 0. The fourth-order valence-corrected chi connectivity index (χ4v) is 3.26. The molecule has 0 radical (unpaired) electrons. The fourth-order valence-electron chi connectivity index (χ4n) is 2.65. The molecule has 0 saturated carbocycles. The van der Waals surface area contributed by atoms with Crippen LogP contribution in [0.3, 0.4) is 0 Å². The molecule has 104 valence electrons. The van der Waals surface area contributed by atoms with Crippen LogP contribution in [-0.4, -0.2) is 35.6 Å². The highest BCUT2D eigenvalue weighted by atomic mass is 79.9. The predicted molar refractivity (Wildman–Crippen MR) is 79.4 cm³/mol. The molecule has 1 saturated heterocycles. The van der Waals surface area contributed by atoms with E-state index in [4.69, 9.17) is 4.74 Å². The summed E-state index contributed by atoms with van der Waals surface area (Å²) in [5, 5.41) is 0. The monoisotopic (exact) mass is 325 g/mol. The number of rotatable bonds is 1. The number of amides is 1. The van der Waals surface area contributed by atoms with E-state index < -0.39 is 0 Å². The average Bonchev–Trinajstić information content (AvgIpc) is 2.23. The van der Waals surface area contributed by atoms with E-state index in [1.54, 1.807) is 0 Å². The van der Waals surface area contributed by atoms with Gasteiger partial charge in [0, 0.05) is 23.1 Å². The largest absolute Gasteiger partial charge is 0.369 e. The second kappa shape index (κ2) is 5.25. The van der Waals surface area contributed by atoms with Gasteiger partial charge in [0.05, 0.1) is 11.7 Å². The van der Waals surface area contributed by atoms with Gasteiger partial charge in [-0.1, -0.05) is 15.9 Å². The summed E-state index contributed by atoms with van der Waals surface area (Å²) in [6, 6.07) is 5.81. The molecule has 0 bridgehead atoms. The number of hydrogen-bond acceptors (Lipinski definition) is 2. The zero-order chi connectivity index (χ0) is 14.2. The van der Waals surface area contributed by atoms with E-state index in [1.807, 2.05) is 50.8 Å². The van der Waals surface area contributed by atoms with Gasteiger partial charge in [0.1, 0.15) is 0 Å². The first kappa shape index (κ1) is 14.5. The highest BCUT2D eigenvalue weighted by Gasteiger charge is 2.34. The minimum absolute atomic E-state index is 0.0703. The first-order valence-corrected chi connectivity index (χ1v) is 7.30. The van der Waals surface area contributed by atoms with Gasteiger partial charge in [-0.05, 0) is 51.5 Å². The molecule has 1 aliphatic rings. The number of hydrogen-bond donors (Lipinski definition) is 0. The Kier molecular flexibility index (Phi) is 4.02. The molecule has 0 N–H and O–H groups in total. The molecule has 1 fully saturated rings. The second-order valence-electron chi connectivity index (χ2n) is 5.89. The average molecular weight is 326 g/mol. The summed E-state index contributed by atoms with van der Waals surface area (Å²) < 4.78 is 6.78. The van der Waals surface area contributed by atoms with Crippen LogP contribution in [0.25, 0.3) is 0 Å². The van der Waals surface area contributed by atoms with Crippen LogP contribution in [0.4, 0.5) is 0 Å². The standard InChI is InChI=1S/C15H20BrNO2/c1-10-5-12(7-13(16)6-10)14(18)17-8-11(2)19-15(3,4)9-17/h5-7,11H,8-9H2,1-4H3. The maximum Gasteiger partial charge on any atom is 0.254 e.